The van der Waals surface area contributed by atoms with E-state index in [1.807, 2.05) is 18.2 Å². The molecule has 0 saturated carbocycles. The lowest BCUT2D eigenvalue weighted by atomic mass is 9.91. The van der Waals surface area contributed by atoms with E-state index in [4.69, 9.17) is 19.3 Å². The number of rotatable bonds is 12. The van der Waals surface area contributed by atoms with Crippen molar-refractivity contribution in [2.45, 2.75) is 78.2 Å². The van der Waals surface area contributed by atoms with Crippen LogP contribution in [0.3, 0.4) is 0 Å². The van der Waals surface area contributed by atoms with Gasteiger partial charge in [0.05, 0.1) is 12.8 Å². The van der Waals surface area contributed by atoms with E-state index in [0.29, 0.717) is 18.9 Å². The molecule has 1 heterocycles. The van der Waals surface area contributed by atoms with E-state index < -0.39 is 7.60 Å². The van der Waals surface area contributed by atoms with Crippen molar-refractivity contribution in [3.8, 4) is 11.5 Å². The molecule has 0 aromatic heterocycles. The Morgan fingerprint density at radius 2 is 2.00 bits per heavy atom. The SMILES string of the molecule is CC(C)CCCC(C)CC=CC1(C)CCc2cc(OCCCP(=O)(O)O)ccc2O1. The summed E-state index contributed by atoms with van der Waals surface area (Å²) in [6.45, 7) is 9.32. The molecular formula is C24H39O5P. The molecule has 1 aromatic rings. The highest BCUT2D eigenvalue weighted by molar-refractivity contribution is 7.51. The van der Waals surface area contributed by atoms with Crippen LogP contribution < -0.4 is 9.47 Å². The van der Waals surface area contributed by atoms with Gasteiger partial charge in [-0.3, -0.25) is 4.57 Å². The van der Waals surface area contributed by atoms with Crippen LogP contribution in [-0.4, -0.2) is 28.2 Å². The summed E-state index contributed by atoms with van der Waals surface area (Å²) in [7, 11) is -3.95. The van der Waals surface area contributed by atoms with Crippen LogP contribution in [0.1, 0.15) is 71.8 Å². The first-order valence-corrected chi connectivity index (χ1v) is 13.0. The highest BCUT2D eigenvalue weighted by Crippen LogP contribution is 2.37. The van der Waals surface area contributed by atoms with Gasteiger partial charge < -0.3 is 19.3 Å². The Morgan fingerprint density at radius 1 is 1.23 bits per heavy atom. The Morgan fingerprint density at radius 3 is 2.70 bits per heavy atom. The van der Waals surface area contributed by atoms with Crippen LogP contribution in [0.5, 0.6) is 11.5 Å². The summed E-state index contributed by atoms with van der Waals surface area (Å²) < 4.78 is 22.8. The second-order valence-corrected chi connectivity index (χ2v) is 11.1. The number of ether oxygens (including phenoxy) is 2. The summed E-state index contributed by atoms with van der Waals surface area (Å²) >= 11 is 0. The van der Waals surface area contributed by atoms with Crippen molar-refractivity contribution in [3.05, 3.63) is 35.9 Å². The standard InChI is InChI=1S/C24H39O5P/c1-19(2)8-5-9-20(3)10-6-14-24(4)15-13-21-18-22(11-12-23(21)29-24)28-16-7-17-30(25,26)27/h6,11-12,14,18-20H,5,7-10,13,15-17H2,1-4H3,(H2,25,26,27). The molecule has 2 unspecified atom stereocenters. The maximum absolute atomic E-state index is 10.9. The van der Waals surface area contributed by atoms with E-state index in [-0.39, 0.29) is 11.8 Å². The average molecular weight is 439 g/mol. The van der Waals surface area contributed by atoms with Crippen LogP contribution in [0.4, 0.5) is 0 Å². The molecule has 0 aliphatic carbocycles. The fourth-order valence-corrected chi connectivity index (χ4v) is 4.29. The fourth-order valence-electron chi connectivity index (χ4n) is 3.75. The van der Waals surface area contributed by atoms with Gasteiger partial charge in [-0.1, -0.05) is 46.1 Å². The zero-order valence-corrected chi connectivity index (χ0v) is 19.9. The number of allylic oxidation sites excluding steroid dienone is 1. The minimum Gasteiger partial charge on any atom is -0.494 e. The van der Waals surface area contributed by atoms with E-state index in [0.717, 1.165) is 42.2 Å². The highest BCUT2D eigenvalue weighted by atomic mass is 31.2. The third-order valence-corrected chi connectivity index (χ3v) is 6.51. The summed E-state index contributed by atoms with van der Waals surface area (Å²) in [6, 6.07) is 5.78. The molecule has 5 nitrogen and oxygen atoms in total. The van der Waals surface area contributed by atoms with E-state index in [1.54, 1.807) is 0 Å². The second-order valence-electron chi connectivity index (χ2n) is 9.34. The zero-order valence-electron chi connectivity index (χ0n) is 19.0. The maximum atomic E-state index is 10.9. The third kappa shape index (κ3) is 9.24. The number of aryl methyl sites for hydroxylation is 1. The van der Waals surface area contributed by atoms with Gasteiger partial charge in [-0.2, -0.15) is 0 Å². The summed E-state index contributed by atoms with van der Waals surface area (Å²) in [4.78, 5) is 17.8. The molecule has 2 atom stereocenters. The molecule has 30 heavy (non-hydrogen) atoms. The van der Waals surface area contributed by atoms with Crippen molar-refractivity contribution in [1.29, 1.82) is 0 Å². The molecule has 2 N–H and O–H groups in total. The van der Waals surface area contributed by atoms with Crippen LogP contribution in [0.25, 0.3) is 0 Å². The molecule has 170 valence electrons. The lowest BCUT2D eigenvalue weighted by Crippen LogP contribution is -2.34. The van der Waals surface area contributed by atoms with Crippen molar-refractivity contribution >= 4 is 7.60 Å². The molecule has 1 aromatic carbocycles. The molecule has 6 heteroatoms. The first-order valence-electron chi connectivity index (χ1n) is 11.2. The van der Waals surface area contributed by atoms with Gasteiger partial charge in [-0.05, 0) is 74.3 Å². The van der Waals surface area contributed by atoms with Gasteiger partial charge in [0, 0.05) is 0 Å². The number of fused-ring (bicyclic) bond motifs is 1. The lowest BCUT2D eigenvalue weighted by molar-refractivity contribution is 0.114. The van der Waals surface area contributed by atoms with Crippen molar-refractivity contribution in [2.75, 3.05) is 12.8 Å². The van der Waals surface area contributed by atoms with Gasteiger partial charge in [0.15, 0.2) is 0 Å². The number of hydrogen-bond acceptors (Lipinski definition) is 3. The highest BCUT2D eigenvalue weighted by Gasteiger charge is 2.29. The Hall–Kier alpha value is -1.29. The lowest BCUT2D eigenvalue weighted by Gasteiger charge is -2.33. The van der Waals surface area contributed by atoms with Gasteiger partial charge in [0.25, 0.3) is 0 Å². The molecule has 1 aliphatic heterocycles. The van der Waals surface area contributed by atoms with Crippen LogP contribution in [0, 0.1) is 11.8 Å². The molecule has 0 spiro atoms. The van der Waals surface area contributed by atoms with E-state index >= 15 is 0 Å². The predicted molar refractivity (Wildman–Crippen MR) is 122 cm³/mol. The Bertz CT molecular complexity index is 739. The van der Waals surface area contributed by atoms with Crippen molar-refractivity contribution < 1.29 is 23.8 Å². The molecule has 0 fully saturated rings. The van der Waals surface area contributed by atoms with Crippen molar-refractivity contribution in [1.82, 2.24) is 0 Å². The Labute approximate surface area is 182 Å². The largest absolute Gasteiger partial charge is 0.494 e. The predicted octanol–water partition coefficient (Wildman–Crippen LogP) is 6.13. The summed E-state index contributed by atoms with van der Waals surface area (Å²) in [5.41, 5.74) is 0.839. The third-order valence-electron chi connectivity index (χ3n) is 5.62. The molecule has 1 aliphatic rings. The van der Waals surface area contributed by atoms with Gasteiger partial charge in [0.2, 0.25) is 0 Å². The van der Waals surface area contributed by atoms with E-state index in [2.05, 4.69) is 39.8 Å². The molecule has 2 rings (SSSR count). The average Bonchev–Trinajstić information content (AvgIpc) is 2.64. The summed E-state index contributed by atoms with van der Waals surface area (Å²) in [6.07, 6.45) is 11.5. The minimum absolute atomic E-state index is 0.151. The van der Waals surface area contributed by atoms with Gasteiger partial charge in [0.1, 0.15) is 17.1 Å². The Balaban J connectivity index is 1.82. The fraction of sp³-hybridized carbons (Fsp3) is 0.667. The van der Waals surface area contributed by atoms with E-state index in [1.165, 1.54) is 19.3 Å². The normalized spacial score (nSPS) is 20.2. The molecule has 0 amide bonds. The smallest absolute Gasteiger partial charge is 0.325 e. The van der Waals surface area contributed by atoms with Gasteiger partial charge in [-0.25, -0.2) is 0 Å². The first kappa shape index (κ1) is 25.0. The van der Waals surface area contributed by atoms with Crippen molar-refractivity contribution in [3.63, 3.8) is 0 Å². The molecule has 0 radical (unpaired) electrons. The van der Waals surface area contributed by atoms with Crippen LogP contribution >= 0.6 is 7.60 Å². The summed E-state index contributed by atoms with van der Waals surface area (Å²) in [5, 5.41) is 0. The quantitative estimate of drug-likeness (QED) is 0.233. The minimum atomic E-state index is -3.95. The topological polar surface area (TPSA) is 76.0 Å². The van der Waals surface area contributed by atoms with Gasteiger partial charge >= 0.3 is 7.60 Å². The number of hydrogen-bond donors (Lipinski definition) is 2. The van der Waals surface area contributed by atoms with Gasteiger partial charge in [-0.15, -0.1) is 0 Å². The molecular weight excluding hydrogens is 399 g/mol. The van der Waals surface area contributed by atoms with Crippen LogP contribution in [-0.2, 0) is 11.0 Å². The van der Waals surface area contributed by atoms with E-state index in [9.17, 15) is 4.57 Å². The van der Waals surface area contributed by atoms with Crippen LogP contribution in [0.2, 0.25) is 0 Å². The number of benzene rings is 1. The first-order chi connectivity index (χ1) is 14.1. The zero-order chi connectivity index (χ0) is 22.2. The summed E-state index contributed by atoms with van der Waals surface area (Å²) in [5.74, 6) is 3.09. The monoisotopic (exact) mass is 438 g/mol. The Kier molecular flexibility index (Phi) is 9.46. The molecule has 0 bridgehead atoms. The van der Waals surface area contributed by atoms with Crippen LogP contribution in [0.15, 0.2) is 30.4 Å². The maximum Gasteiger partial charge on any atom is 0.325 e. The van der Waals surface area contributed by atoms with Crippen molar-refractivity contribution in [2.24, 2.45) is 11.8 Å². The second kappa shape index (κ2) is 11.4. The molecule has 0 saturated heterocycles.